The van der Waals surface area contributed by atoms with Crippen LogP contribution in [0, 0.1) is 0 Å². The lowest BCUT2D eigenvalue weighted by Crippen LogP contribution is -2.10. The summed E-state index contributed by atoms with van der Waals surface area (Å²) in [4.78, 5) is 17.7. The predicted molar refractivity (Wildman–Crippen MR) is 597 cm³/mol. The van der Waals surface area contributed by atoms with Crippen molar-refractivity contribution in [2.45, 2.75) is 0 Å². The van der Waals surface area contributed by atoms with Gasteiger partial charge >= 0.3 is 0 Å². The standard InChI is InChI=1S/C48H32N2.C45H29N3.C42H30N2/c1-3-11-33(12-4-1)35-19-25-39(26-20-35)49-45-17-9-7-15-41(45)43-31-37(23-29-47(43)49)38-24-30-48-44(32-38)42-16-8-10-18-46(42)50(48)40-27-21-36(22-28-40)34-13-5-2-6-14-34;1-3-13-30(14-4-1)32-17-11-19-34(27-32)43-46-44(35-20-12-18-33(28-35)31-15-5-2-6-16-31)48-45(47-43)36-25-26-41-39-23-8-7-21-37(39)38-22-9-10-24-40(38)42(41)29-36;1-3-12-31(13-4-1)33-22-26-35(27-23-33)43(36-28-24-34(25-29-36)32-14-5-2-6-15-32)37-16-11-17-38(30-37)44-41-20-9-7-18-39(41)40-19-8-10-21-42(40)44/h1-32H;1-29H;1-30H. The van der Waals surface area contributed by atoms with Gasteiger partial charge < -0.3 is 18.6 Å². The second-order valence-electron chi connectivity index (χ2n) is 36.1. The molecule has 0 atom stereocenters. The van der Waals surface area contributed by atoms with Crippen LogP contribution < -0.4 is 4.90 Å². The summed E-state index contributed by atoms with van der Waals surface area (Å²) in [5.74, 6) is 1.92. The van der Waals surface area contributed by atoms with Gasteiger partial charge in [0, 0.05) is 83.1 Å². The summed E-state index contributed by atoms with van der Waals surface area (Å²) in [6.07, 6.45) is 0. The van der Waals surface area contributed by atoms with Crippen LogP contribution in [0.1, 0.15) is 0 Å². The first kappa shape index (κ1) is 84.8. The fraction of sp³-hybridized carbons (Fsp3) is 0. The van der Waals surface area contributed by atoms with Crippen molar-refractivity contribution in [2.24, 2.45) is 0 Å². The van der Waals surface area contributed by atoms with E-state index in [0.717, 1.165) is 73.1 Å². The molecule has 0 radical (unpaired) electrons. The van der Waals surface area contributed by atoms with E-state index in [1.54, 1.807) is 0 Å². The number of hydrogen-bond acceptors (Lipinski definition) is 4. The van der Waals surface area contributed by atoms with Crippen molar-refractivity contribution >= 4 is 115 Å². The summed E-state index contributed by atoms with van der Waals surface area (Å²) in [5, 5.41) is 14.9. The summed E-state index contributed by atoms with van der Waals surface area (Å²) in [6, 6.07) is 197. The molecule has 142 heavy (non-hydrogen) atoms. The quantitative estimate of drug-likeness (QED) is 0.0905. The molecule has 0 saturated carbocycles. The molecule has 0 aliphatic heterocycles. The van der Waals surface area contributed by atoms with Crippen LogP contribution in [0.15, 0.2) is 552 Å². The number of benzene rings is 23. The summed E-state index contributed by atoms with van der Waals surface area (Å²) in [5.41, 5.74) is 33.6. The molecule has 27 rings (SSSR count). The van der Waals surface area contributed by atoms with E-state index in [4.69, 9.17) is 15.0 Å². The Morgan fingerprint density at radius 2 is 0.345 bits per heavy atom. The van der Waals surface area contributed by atoms with Gasteiger partial charge in [-0.3, -0.25) is 0 Å². The van der Waals surface area contributed by atoms with Gasteiger partial charge in [0.05, 0.1) is 33.1 Å². The maximum absolute atomic E-state index is 5.14. The van der Waals surface area contributed by atoms with Crippen LogP contribution in [-0.2, 0) is 0 Å². The molecule has 666 valence electrons. The number of nitrogens with zero attached hydrogens (tertiary/aromatic N) is 7. The van der Waals surface area contributed by atoms with Crippen molar-refractivity contribution in [1.82, 2.24) is 28.7 Å². The van der Waals surface area contributed by atoms with Crippen molar-refractivity contribution in [3.05, 3.63) is 552 Å². The Morgan fingerprint density at radius 1 is 0.120 bits per heavy atom. The second kappa shape index (κ2) is 37.3. The highest BCUT2D eigenvalue weighted by atomic mass is 15.1. The van der Waals surface area contributed by atoms with Gasteiger partial charge in [-0.1, -0.05) is 419 Å². The first-order valence-corrected chi connectivity index (χ1v) is 48.4. The largest absolute Gasteiger partial charge is 0.310 e. The van der Waals surface area contributed by atoms with E-state index in [0.29, 0.717) is 17.5 Å². The minimum absolute atomic E-state index is 0.640. The fourth-order valence-electron chi connectivity index (χ4n) is 20.8. The Labute approximate surface area is 823 Å². The fourth-order valence-corrected chi connectivity index (χ4v) is 20.8. The van der Waals surface area contributed by atoms with Crippen molar-refractivity contribution < 1.29 is 0 Å². The molecule has 0 saturated heterocycles. The first-order valence-electron chi connectivity index (χ1n) is 48.4. The minimum atomic E-state index is 0.640. The number of rotatable bonds is 16. The Kier molecular flexibility index (Phi) is 22.2. The molecule has 0 bridgehead atoms. The molecule has 7 nitrogen and oxygen atoms in total. The maximum atomic E-state index is 5.14. The smallest absolute Gasteiger partial charge is 0.164 e. The van der Waals surface area contributed by atoms with Crippen LogP contribution in [-0.4, -0.2) is 28.7 Å². The lowest BCUT2D eigenvalue weighted by molar-refractivity contribution is 1.07. The molecular formula is C135H91N7. The first-order chi connectivity index (χ1) is 70.4. The van der Waals surface area contributed by atoms with E-state index >= 15 is 0 Å². The molecule has 4 aromatic heterocycles. The number of fused-ring (bicyclic) bond motifs is 15. The second-order valence-corrected chi connectivity index (χ2v) is 36.1. The van der Waals surface area contributed by atoms with Crippen molar-refractivity contribution in [1.29, 1.82) is 0 Å². The molecule has 7 heteroatoms. The maximum Gasteiger partial charge on any atom is 0.164 e. The summed E-state index contributed by atoms with van der Waals surface area (Å²) in [7, 11) is 0. The highest BCUT2D eigenvalue weighted by molar-refractivity contribution is 6.26. The normalized spacial score (nSPS) is 11.4. The third-order valence-electron chi connectivity index (χ3n) is 27.6. The van der Waals surface area contributed by atoms with Crippen LogP contribution in [0.3, 0.4) is 0 Å². The SMILES string of the molecule is c1ccc(-c2ccc(-n3c4ccccc4c4cc(-c5ccc6c(c5)c5ccccc5n6-c5ccc(-c6ccccc6)cc5)ccc43)cc2)cc1.c1ccc(-c2ccc(N(c3ccc(-c4ccccc4)cc3)c3cccc(-n4c5ccccc5c5ccccc54)c3)cc2)cc1.c1ccc(-c2cccc(-c3nc(-c4cccc(-c5ccccc5)c4)nc(-c4ccc5c6ccccc6c6ccccc6c5c4)n3)c2)cc1. The molecule has 0 unspecified atom stereocenters. The molecule has 4 heterocycles. The Morgan fingerprint density at radius 3 is 0.704 bits per heavy atom. The van der Waals surface area contributed by atoms with E-state index in [-0.39, 0.29) is 0 Å². The molecule has 27 aromatic rings. The van der Waals surface area contributed by atoms with Crippen LogP contribution in [0.2, 0.25) is 0 Å². The van der Waals surface area contributed by atoms with Crippen molar-refractivity contribution in [3.8, 4) is 129 Å². The topological polar surface area (TPSA) is 56.7 Å². The van der Waals surface area contributed by atoms with Gasteiger partial charge in [-0.05, 0) is 244 Å². The highest BCUT2D eigenvalue weighted by Crippen LogP contribution is 2.45. The average Bonchev–Trinajstić information content (AvgIpc) is 1.31. The summed E-state index contributed by atoms with van der Waals surface area (Å²) < 4.78 is 7.16. The number of anilines is 3. The molecule has 0 fully saturated rings. The van der Waals surface area contributed by atoms with E-state index in [2.05, 4.69) is 559 Å². The van der Waals surface area contributed by atoms with Gasteiger partial charge in [-0.25, -0.2) is 15.0 Å². The molecule has 23 aromatic carbocycles. The van der Waals surface area contributed by atoms with E-state index in [9.17, 15) is 0 Å². The molecule has 0 amide bonds. The van der Waals surface area contributed by atoms with E-state index < -0.39 is 0 Å². The van der Waals surface area contributed by atoms with Gasteiger partial charge in [0.15, 0.2) is 17.5 Å². The number of aromatic nitrogens is 6. The zero-order valence-electron chi connectivity index (χ0n) is 77.7. The van der Waals surface area contributed by atoms with E-state index in [1.165, 1.54) is 153 Å². The lowest BCUT2D eigenvalue weighted by Gasteiger charge is -2.26. The van der Waals surface area contributed by atoms with Gasteiger partial charge in [0.2, 0.25) is 0 Å². The summed E-state index contributed by atoms with van der Waals surface area (Å²) in [6.45, 7) is 0. The van der Waals surface area contributed by atoms with Crippen LogP contribution >= 0.6 is 0 Å². The monoisotopic (exact) mass is 1810 g/mol. The molecular weight excluding hydrogens is 1720 g/mol. The highest BCUT2D eigenvalue weighted by Gasteiger charge is 2.23. The molecule has 0 spiro atoms. The van der Waals surface area contributed by atoms with E-state index in [1.807, 2.05) is 12.1 Å². The Balaban J connectivity index is 0.000000112. The lowest BCUT2D eigenvalue weighted by atomic mass is 9.93. The van der Waals surface area contributed by atoms with Crippen molar-refractivity contribution in [2.75, 3.05) is 4.90 Å². The van der Waals surface area contributed by atoms with Gasteiger partial charge in [0.1, 0.15) is 0 Å². The molecule has 0 aliphatic rings. The van der Waals surface area contributed by atoms with Gasteiger partial charge in [-0.2, -0.15) is 0 Å². The third-order valence-corrected chi connectivity index (χ3v) is 27.6. The average molecular weight is 1810 g/mol. The Hall–Kier alpha value is -19.0. The summed E-state index contributed by atoms with van der Waals surface area (Å²) >= 11 is 0. The van der Waals surface area contributed by atoms with Crippen LogP contribution in [0.4, 0.5) is 17.1 Å². The van der Waals surface area contributed by atoms with Gasteiger partial charge in [-0.15, -0.1) is 0 Å². The van der Waals surface area contributed by atoms with Gasteiger partial charge in [0.25, 0.3) is 0 Å². The zero-order valence-corrected chi connectivity index (χ0v) is 77.7. The number of para-hydroxylation sites is 4. The minimum Gasteiger partial charge on any atom is -0.310 e. The van der Waals surface area contributed by atoms with Crippen molar-refractivity contribution in [3.63, 3.8) is 0 Å². The zero-order chi connectivity index (χ0) is 94.2. The van der Waals surface area contributed by atoms with Crippen LogP contribution in [0.5, 0.6) is 0 Å². The predicted octanol–water partition coefficient (Wildman–Crippen LogP) is 36.1. The van der Waals surface area contributed by atoms with Crippen LogP contribution in [0.25, 0.3) is 227 Å². The molecule has 0 N–H and O–H groups in total. The Bertz CT molecular complexity index is 8870. The number of hydrogen-bond donors (Lipinski definition) is 0. The molecule has 0 aliphatic carbocycles. The third kappa shape index (κ3) is 16.2.